The van der Waals surface area contributed by atoms with Crippen LogP contribution in [0.25, 0.3) is 0 Å². The highest BCUT2D eigenvalue weighted by Gasteiger charge is 2.17. The summed E-state index contributed by atoms with van der Waals surface area (Å²) in [4.78, 5) is 11.6. The van der Waals surface area contributed by atoms with E-state index in [0.717, 1.165) is 0 Å². The highest BCUT2D eigenvalue weighted by Crippen LogP contribution is 2.27. The molecule has 0 aliphatic rings. The van der Waals surface area contributed by atoms with Gasteiger partial charge in [0, 0.05) is 23.6 Å². The van der Waals surface area contributed by atoms with E-state index in [1.807, 2.05) is 13.8 Å². The molecule has 0 heterocycles. The molecule has 1 amide bonds. The number of halogens is 2. The largest absolute Gasteiger partial charge is 0.482 e. The number of nitrogens with one attached hydrogen (secondary N) is 1. The van der Waals surface area contributed by atoms with Crippen molar-refractivity contribution in [2.75, 3.05) is 19.8 Å². The first-order valence-electron chi connectivity index (χ1n) is 5.79. The van der Waals surface area contributed by atoms with Gasteiger partial charge in [0.2, 0.25) is 0 Å². The minimum absolute atomic E-state index is 0.00283. The van der Waals surface area contributed by atoms with Crippen LogP contribution in [0, 0.1) is 5.41 Å². The van der Waals surface area contributed by atoms with Crippen molar-refractivity contribution >= 4 is 29.1 Å². The van der Waals surface area contributed by atoms with Crippen LogP contribution in [0.3, 0.4) is 0 Å². The fraction of sp³-hybridized carbons (Fsp3) is 0.462. The third kappa shape index (κ3) is 5.68. The lowest BCUT2D eigenvalue weighted by Gasteiger charge is -2.21. The Hall–Kier alpha value is -0.970. The maximum Gasteiger partial charge on any atom is 0.257 e. The number of hydrogen-bond acceptors (Lipinski definition) is 3. The van der Waals surface area contributed by atoms with Gasteiger partial charge in [-0.15, -0.1) is 0 Å². The molecule has 0 saturated carbocycles. The minimum Gasteiger partial charge on any atom is -0.482 e. The molecule has 0 atom stereocenters. The number of benzene rings is 1. The zero-order chi connectivity index (χ0) is 14.5. The van der Waals surface area contributed by atoms with Crippen LogP contribution < -0.4 is 10.1 Å². The normalized spacial score (nSPS) is 11.2. The molecule has 1 aromatic rings. The monoisotopic (exact) mass is 305 g/mol. The Morgan fingerprint density at radius 1 is 1.42 bits per heavy atom. The second kappa shape index (κ2) is 6.98. The van der Waals surface area contributed by atoms with Crippen molar-refractivity contribution in [2.24, 2.45) is 5.41 Å². The lowest BCUT2D eigenvalue weighted by Crippen LogP contribution is -2.38. The third-order valence-corrected chi connectivity index (χ3v) is 2.98. The standard InChI is InChI=1S/C13H17Cl2NO3/c1-13(2,8-17)7-16-12(18)6-19-11-4-3-9(14)5-10(11)15/h3-5,17H,6-8H2,1-2H3,(H,16,18). The van der Waals surface area contributed by atoms with E-state index < -0.39 is 0 Å². The summed E-state index contributed by atoms with van der Waals surface area (Å²) in [5.74, 6) is 0.134. The van der Waals surface area contributed by atoms with Crippen molar-refractivity contribution < 1.29 is 14.6 Å². The summed E-state index contributed by atoms with van der Waals surface area (Å²) >= 11 is 11.7. The fourth-order valence-electron chi connectivity index (χ4n) is 1.18. The predicted octanol–water partition coefficient (Wildman–Crippen LogP) is 2.51. The van der Waals surface area contributed by atoms with Gasteiger partial charge in [-0.2, -0.15) is 0 Å². The summed E-state index contributed by atoms with van der Waals surface area (Å²) in [6.07, 6.45) is 0. The summed E-state index contributed by atoms with van der Waals surface area (Å²) in [5, 5.41) is 12.6. The quantitative estimate of drug-likeness (QED) is 0.849. The van der Waals surface area contributed by atoms with Crippen LogP contribution in [-0.4, -0.2) is 30.8 Å². The van der Waals surface area contributed by atoms with E-state index in [2.05, 4.69) is 5.32 Å². The van der Waals surface area contributed by atoms with Crippen LogP contribution in [0.15, 0.2) is 18.2 Å². The van der Waals surface area contributed by atoms with E-state index in [4.69, 9.17) is 33.0 Å². The SMILES string of the molecule is CC(C)(CO)CNC(=O)COc1ccc(Cl)cc1Cl. The molecule has 0 saturated heterocycles. The van der Waals surface area contributed by atoms with Crippen LogP contribution in [-0.2, 0) is 4.79 Å². The first-order chi connectivity index (χ1) is 8.84. The number of carbonyl (C=O) groups is 1. The van der Waals surface area contributed by atoms with Crippen LogP contribution >= 0.6 is 23.2 Å². The lowest BCUT2D eigenvalue weighted by atomic mass is 9.95. The van der Waals surface area contributed by atoms with Gasteiger partial charge in [0.1, 0.15) is 5.75 Å². The van der Waals surface area contributed by atoms with Crippen molar-refractivity contribution in [3.63, 3.8) is 0 Å². The van der Waals surface area contributed by atoms with Gasteiger partial charge in [0.15, 0.2) is 6.61 Å². The summed E-state index contributed by atoms with van der Waals surface area (Å²) in [6, 6.07) is 4.79. The average Bonchev–Trinajstić information content (AvgIpc) is 2.35. The van der Waals surface area contributed by atoms with Gasteiger partial charge in [0.05, 0.1) is 5.02 Å². The molecule has 0 radical (unpaired) electrons. The molecular weight excluding hydrogens is 289 g/mol. The van der Waals surface area contributed by atoms with Gasteiger partial charge in [-0.25, -0.2) is 0 Å². The molecule has 0 bridgehead atoms. The topological polar surface area (TPSA) is 58.6 Å². The van der Waals surface area contributed by atoms with Crippen molar-refractivity contribution in [1.82, 2.24) is 5.32 Å². The van der Waals surface area contributed by atoms with Crippen molar-refractivity contribution in [3.05, 3.63) is 28.2 Å². The van der Waals surface area contributed by atoms with E-state index in [1.165, 1.54) is 0 Å². The first kappa shape index (κ1) is 16.1. The van der Waals surface area contributed by atoms with Gasteiger partial charge in [0.25, 0.3) is 5.91 Å². The van der Waals surface area contributed by atoms with Crippen LogP contribution in [0.2, 0.25) is 10.0 Å². The second-order valence-corrected chi connectivity index (χ2v) is 5.81. The molecule has 0 fully saturated rings. The molecule has 106 valence electrons. The second-order valence-electron chi connectivity index (χ2n) is 4.96. The Morgan fingerprint density at radius 3 is 2.68 bits per heavy atom. The summed E-state index contributed by atoms with van der Waals surface area (Å²) < 4.78 is 5.29. The lowest BCUT2D eigenvalue weighted by molar-refractivity contribution is -0.123. The number of carbonyl (C=O) groups excluding carboxylic acids is 1. The molecule has 2 N–H and O–H groups in total. The third-order valence-electron chi connectivity index (χ3n) is 2.44. The van der Waals surface area contributed by atoms with Gasteiger partial charge >= 0.3 is 0 Å². The van der Waals surface area contributed by atoms with Crippen LogP contribution in [0.1, 0.15) is 13.8 Å². The van der Waals surface area contributed by atoms with Crippen molar-refractivity contribution in [1.29, 1.82) is 0 Å². The molecule has 0 aromatic heterocycles. The number of rotatable bonds is 6. The zero-order valence-corrected chi connectivity index (χ0v) is 12.4. The van der Waals surface area contributed by atoms with Crippen molar-refractivity contribution in [3.8, 4) is 5.75 Å². The molecule has 1 rings (SSSR count). The molecule has 0 aliphatic heterocycles. The fourth-order valence-corrected chi connectivity index (χ4v) is 1.64. The Balaban J connectivity index is 2.42. The Kier molecular flexibility index (Phi) is 5.91. The van der Waals surface area contributed by atoms with E-state index >= 15 is 0 Å². The number of aliphatic hydroxyl groups excluding tert-OH is 1. The average molecular weight is 306 g/mol. The minimum atomic E-state index is -0.354. The zero-order valence-electron chi connectivity index (χ0n) is 10.9. The van der Waals surface area contributed by atoms with E-state index in [0.29, 0.717) is 22.3 Å². The molecule has 0 aliphatic carbocycles. The summed E-state index contributed by atoms with van der Waals surface area (Å²) in [6.45, 7) is 3.94. The van der Waals surface area contributed by atoms with Gasteiger partial charge < -0.3 is 15.2 Å². The molecular formula is C13H17Cl2NO3. The molecule has 1 aromatic carbocycles. The number of amides is 1. The number of hydrogen-bond donors (Lipinski definition) is 2. The van der Waals surface area contributed by atoms with E-state index in [9.17, 15) is 4.79 Å². The number of ether oxygens (including phenoxy) is 1. The Labute approximate surface area is 122 Å². The Bertz CT molecular complexity index is 450. The predicted molar refractivity (Wildman–Crippen MR) is 75.8 cm³/mol. The van der Waals surface area contributed by atoms with Crippen LogP contribution in [0.4, 0.5) is 0 Å². The first-order valence-corrected chi connectivity index (χ1v) is 6.55. The molecule has 0 spiro atoms. The maximum absolute atomic E-state index is 11.6. The van der Waals surface area contributed by atoms with Crippen molar-refractivity contribution in [2.45, 2.75) is 13.8 Å². The number of aliphatic hydroxyl groups is 1. The maximum atomic E-state index is 11.6. The van der Waals surface area contributed by atoms with Crippen LogP contribution in [0.5, 0.6) is 5.75 Å². The summed E-state index contributed by atoms with van der Waals surface area (Å²) in [5.41, 5.74) is -0.354. The van der Waals surface area contributed by atoms with Gasteiger partial charge in [-0.05, 0) is 18.2 Å². The Morgan fingerprint density at radius 2 is 2.11 bits per heavy atom. The smallest absolute Gasteiger partial charge is 0.257 e. The highest BCUT2D eigenvalue weighted by atomic mass is 35.5. The van der Waals surface area contributed by atoms with E-state index in [1.54, 1.807) is 18.2 Å². The highest BCUT2D eigenvalue weighted by molar-refractivity contribution is 6.35. The van der Waals surface area contributed by atoms with Gasteiger partial charge in [-0.1, -0.05) is 37.0 Å². The molecule has 6 heteroatoms. The van der Waals surface area contributed by atoms with E-state index in [-0.39, 0.29) is 24.5 Å². The molecule has 19 heavy (non-hydrogen) atoms. The molecule has 0 unspecified atom stereocenters. The molecule has 4 nitrogen and oxygen atoms in total. The summed E-state index contributed by atoms with van der Waals surface area (Å²) in [7, 11) is 0. The van der Waals surface area contributed by atoms with Gasteiger partial charge in [-0.3, -0.25) is 4.79 Å².